The lowest BCUT2D eigenvalue weighted by Crippen LogP contribution is -2.34. The van der Waals surface area contributed by atoms with Gasteiger partial charge in [-0.1, -0.05) is 42.5 Å². The summed E-state index contributed by atoms with van der Waals surface area (Å²) in [7, 11) is 0. The van der Waals surface area contributed by atoms with Gasteiger partial charge in [-0.3, -0.25) is 9.59 Å². The second kappa shape index (κ2) is 10.5. The molecular formula is C28H20F3N3O3. The summed E-state index contributed by atoms with van der Waals surface area (Å²) in [6.07, 6.45) is -1.32. The van der Waals surface area contributed by atoms with Crippen LogP contribution in [-0.4, -0.2) is 23.0 Å². The van der Waals surface area contributed by atoms with Crippen molar-refractivity contribution in [1.29, 1.82) is 5.26 Å². The first-order valence-corrected chi connectivity index (χ1v) is 11.1. The van der Waals surface area contributed by atoms with Crippen LogP contribution in [0.4, 0.5) is 24.5 Å². The third-order valence-corrected chi connectivity index (χ3v) is 5.75. The molecule has 37 heavy (non-hydrogen) atoms. The Kier molecular flexibility index (Phi) is 7.22. The number of benzene rings is 3. The minimum atomic E-state index is -4.47. The van der Waals surface area contributed by atoms with Crippen LogP contribution in [0.5, 0.6) is 0 Å². The van der Waals surface area contributed by atoms with E-state index in [4.69, 9.17) is 5.26 Å². The molecule has 4 rings (SSSR count). The fourth-order valence-electron chi connectivity index (χ4n) is 3.87. The van der Waals surface area contributed by atoms with Crippen molar-refractivity contribution in [2.24, 2.45) is 0 Å². The van der Waals surface area contributed by atoms with Crippen molar-refractivity contribution >= 4 is 28.8 Å². The third-order valence-electron chi connectivity index (χ3n) is 5.75. The minimum absolute atomic E-state index is 0.0536. The lowest BCUT2D eigenvalue weighted by atomic mass is 9.95. The van der Waals surface area contributed by atoms with E-state index in [2.05, 4.69) is 10.6 Å². The Labute approximate surface area is 210 Å². The Balaban J connectivity index is 1.59. The van der Waals surface area contributed by atoms with E-state index in [0.29, 0.717) is 39.2 Å². The van der Waals surface area contributed by atoms with Crippen LogP contribution in [0.15, 0.2) is 85.0 Å². The number of nitrogens with zero attached hydrogens (tertiary/aromatic N) is 1. The van der Waals surface area contributed by atoms with Crippen LogP contribution in [0.1, 0.15) is 27.8 Å². The molecular weight excluding hydrogens is 483 g/mol. The van der Waals surface area contributed by atoms with Crippen molar-refractivity contribution in [2.45, 2.75) is 18.7 Å². The average Bonchev–Trinajstić information content (AvgIpc) is 2.87. The van der Waals surface area contributed by atoms with Crippen LogP contribution in [0.2, 0.25) is 0 Å². The number of aliphatic hydroxyl groups excluding tert-OH is 1. The molecule has 3 aromatic rings. The first-order chi connectivity index (χ1) is 17.7. The zero-order chi connectivity index (χ0) is 26.6. The molecule has 6 nitrogen and oxygen atoms in total. The number of aliphatic hydroxyl groups is 1. The fraction of sp³-hybridized carbons (Fsp3) is 0.107. The van der Waals surface area contributed by atoms with E-state index < -0.39 is 29.7 Å². The number of hydrogen-bond donors (Lipinski definition) is 3. The van der Waals surface area contributed by atoms with Crippen molar-refractivity contribution in [2.75, 3.05) is 10.6 Å². The lowest BCUT2D eigenvalue weighted by Gasteiger charge is -2.23. The van der Waals surface area contributed by atoms with Crippen LogP contribution < -0.4 is 10.6 Å². The highest BCUT2D eigenvalue weighted by atomic mass is 19.4. The molecule has 0 saturated heterocycles. The van der Waals surface area contributed by atoms with Crippen LogP contribution in [-0.2, 0) is 22.2 Å². The molecule has 2 amide bonds. The molecule has 0 bridgehead atoms. The second-order valence-electron chi connectivity index (χ2n) is 8.23. The Morgan fingerprint density at radius 2 is 1.70 bits per heavy atom. The predicted octanol–water partition coefficient (Wildman–Crippen LogP) is 5.06. The van der Waals surface area contributed by atoms with E-state index in [1.54, 1.807) is 48.5 Å². The minimum Gasteiger partial charge on any atom is -0.383 e. The van der Waals surface area contributed by atoms with Gasteiger partial charge in [0.1, 0.15) is 6.10 Å². The molecule has 3 aromatic carbocycles. The van der Waals surface area contributed by atoms with Gasteiger partial charge in [0.2, 0.25) is 5.91 Å². The van der Waals surface area contributed by atoms with Crippen molar-refractivity contribution in [3.05, 3.63) is 113 Å². The molecule has 0 fully saturated rings. The number of rotatable bonds is 5. The number of allylic oxidation sites excluding steroid dienone is 2. The first kappa shape index (κ1) is 25.4. The Bertz CT molecular complexity index is 1430. The maximum absolute atomic E-state index is 13.0. The molecule has 1 heterocycles. The predicted molar refractivity (Wildman–Crippen MR) is 132 cm³/mol. The molecule has 9 heteroatoms. The van der Waals surface area contributed by atoms with Gasteiger partial charge in [-0.2, -0.15) is 18.4 Å². The standard InChI is InChI=1S/C28H20F3N3O3/c29-28(30,31)20-13-11-19(12-14-20)21(18-9-7-17(16-32)8-10-18)3-1-6-26(36)33-23-4-2-5-24-22(23)15-25(35)27(37)34-24/h1-14,25,35H,15H2,(H,33,36)(H,34,37). The topological polar surface area (TPSA) is 102 Å². The molecule has 1 aliphatic heterocycles. The Morgan fingerprint density at radius 3 is 2.32 bits per heavy atom. The molecule has 1 unspecified atom stereocenters. The second-order valence-corrected chi connectivity index (χ2v) is 8.23. The molecule has 3 N–H and O–H groups in total. The first-order valence-electron chi connectivity index (χ1n) is 11.1. The van der Waals surface area contributed by atoms with Crippen molar-refractivity contribution in [3.8, 4) is 6.07 Å². The van der Waals surface area contributed by atoms with Gasteiger partial charge in [0.05, 0.1) is 17.2 Å². The largest absolute Gasteiger partial charge is 0.416 e. The maximum Gasteiger partial charge on any atom is 0.416 e. The van der Waals surface area contributed by atoms with Crippen molar-refractivity contribution in [1.82, 2.24) is 0 Å². The number of fused-ring (bicyclic) bond motifs is 1. The quantitative estimate of drug-likeness (QED) is 0.335. The fourth-order valence-corrected chi connectivity index (χ4v) is 3.87. The SMILES string of the molecule is N#Cc1ccc(C(=CC=CC(=O)Nc2cccc3c2CC(O)C(=O)N3)c2ccc(C(F)(F)F)cc2)cc1. The normalized spacial score (nSPS) is 15.6. The van der Waals surface area contributed by atoms with Crippen LogP contribution >= 0.6 is 0 Å². The smallest absolute Gasteiger partial charge is 0.383 e. The molecule has 186 valence electrons. The lowest BCUT2D eigenvalue weighted by molar-refractivity contribution is -0.137. The third kappa shape index (κ3) is 5.94. The van der Waals surface area contributed by atoms with E-state index in [9.17, 15) is 27.9 Å². The molecule has 0 spiro atoms. The van der Waals surface area contributed by atoms with E-state index in [-0.39, 0.29) is 6.42 Å². The maximum atomic E-state index is 13.0. The van der Waals surface area contributed by atoms with E-state index in [1.165, 1.54) is 24.3 Å². The number of nitrogens with one attached hydrogen (secondary N) is 2. The van der Waals surface area contributed by atoms with Gasteiger partial charge in [-0.25, -0.2) is 0 Å². The number of carbonyl (C=O) groups excluding carboxylic acids is 2. The van der Waals surface area contributed by atoms with Gasteiger partial charge in [-0.15, -0.1) is 0 Å². The van der Waals surface area contributed by atoms with Gasteiger partial charge in [-0.05, 0) is 53.1 Å². The molecule has 1 aliphatic rings. The summed E-state index contributed by atoms with van der Waals surface area (Å²) in [6.45, 7) is 0. The Morgan fingerprint density at radius 1 is 1.05 bits per heavy atom. The number of nitriles is 1. The summed E-state index contributed by atoms with van der Waals surface area (Å²) in [4.78, 5) is 24.3. The molecule has 0 aliphatic carbocycles. The zero-order valence-corrected chi connectivity index (χ0v) is 19.2. The monoisotopic (exact) mass is 503 g/mol. The van der Waals surface area contributed by atoms with E-state index in [0.717, 1.165) is 12.1 Å². The van der Waals surface area contributed by atoms with Gasteiger partial charge < -0.3 is 15.7 Å². The van der Waals surface area contributed by atoms with E-state index in [1.807, 2.05) is 6.07 Å². The number of carbonyl (C=O) groups is 2. The summed E-state index contributed by atoms with van der Waals surface area (Å²) >= 11 is 0. The number of anilines is 2. The summed E-state index contributed by atoms with van der Waals surface area (Å²) in [5.41, 5.74) is 2.86. The van der Waals surface area contributed by atoms with Gasteiger partial charge >= 0.3 is 6.18 Å². The number of amides is 2. The average molecular weight is 503 g/mol. The summed E-state index contributed by atoms with van der Waals surface area (Å²) in [5, 5.41) is 24.2. The van der Waals surface area contributed by atoms with Crippen LogP contribution in [0, 0.1) is 11.3 Å². The summed E-state index contributed by atoms with van der Waals surface area (Å²) in [6, 6.07) is 18.2. The van der Waals surface area contributed by atoms with Gasteiger partial charge in [0, 0.05) is 29.4 Å². The highest BCUT2D eigenvalue weighted by molar-refractivity contribution is 6.03. The number of halogens is 3. The van der Waals surface area contributed by atoms with Crippen molar-refractivity contribution < 1.29 is 27.9 Å². The van der Waals surface area contributed by atoms with E-state index >= 15 is 0 Å². The highest BCUT2D eigenvalue weighted by Crippen LogP contribution is 2.32. The molecule has 0 aromatic heterocycles. The van der Waals surface area contributed by atoms with Crippen molar-refractivity contribution in [3.63, 3.8) is 0 Å². The Hall–Kier alpha value is -4.68. The molecule has 0 radical (unpaired) electrons. The summed E-state index contributed by atoms with van der Waals surface area (Å²) in [5.74, 6) is -0.998. The van der Waals surface area contributed by atoms with Gasteiger partial charge in [0.25, 0.3) is 5.91 Å². The number of alkyl halides is 3. The highest BCUT2D eigenvalue weighted by Gasteiger charge is 2.30. The zero-order valence-electron chi connectivity index (χ0n) is 19.2. The van der Waals surface area contributed by atoms with Gasteiger partial charge in [0.15, 0.2) is 0 Å². The molecule has 1 atom stereocenters. The van der Waals surface area contributed by atoms with Crippen LogP contribution in [0.3, 0.4) is 0 Å². The summed E-state index contributed by atoms with van der Waals surface area (Å²) < 4.78 is 39.0. The number of hydrogen-bond acceptors (Lipinski definition) is 4. The van der Waals surface area contributed by atoms with Crippen LogP contribution in [0.25, 0.3) is 5.57 Å². The molecule has 0 saturated carbocycles.